The minimum absolute atomic E-state index is 0.00736. The van der Waals surface area contributed by atoms with Crippen LogP contribution in [-0.4, -0.2) is 10.8 Å². The Bertz CT molecular complexity index is 1310. The number of anilines is 1. The normalized spacial score (nSPS) is 11.0. The van der Waals surface area contributed by atoms with Gasteiger partial charge >= 0.3 is 0 Å². The molecule has 3 rings (SSSR count). The van der Waals surface area contributed by atoms with Crippen LogP contribution in [0.4, 0.5) is 11.4 Å². The number of nitrogens with zero attached hydrogens (tertiary/aromatic N) is 2. The van der Waals surface area contributed by atoms with Crippen LogP contribution >= 0.6 is 45.2 Å². The van der Waals surface area contributed by atoms with Gasteiger partial charge < -0.3 is 10.1 Å². The molecule has 0 aromatic heterocycles. The van der Waals surface area contributed by atoms with Gasteiger partial charge in [0.1, 0.15) is 24.0 Å². The Hall–Kier alpha value is -2.98. The molecule has 0 saturated carbocycles. The Morgan fingerprint density at radius 1 is 1.15 bits per heavy atom. The number of hydrogen-bond donors (Lipinski definition) is 1. The predicted molar refractivity (Wildman–Crippen MR) is 147 cm³/mol. The van der Waals surface area contributed by atoms with Crippen LogP contribution < -0.4 is 10.1 Å². The van der Waals surface area contributed by atoms with Crippen molar-refractivity contribution in [1.29, 1.82) is 5.26 Å². The highest BCUT2D eigenvalue weighted by Gasteiger charge is 2.14. The van der Waals surface area contributed by atoms with Crippen molar-refractivity contribution >= 4 is 68.5 Å². The van der Waals surface area contributed by atoms with Gasteiger partial charge in [-0.3, -0.25) is 14.9 Å². The lowest BCUT2D eigenvalue weighted by Crippen LogP contribution is -2.14. The first-order valence-electron chi connectivity index (χ1n) is 10.0. The van der Waals surface area contributed by atoms with Crippen LogP contribution in [-0.2, 0) is 11.4 Å². The van der Waals surface area contributed by atoms with Gasteiger partial charge in [0.25, 0.3) is 11.6 Å². The summed E-state index contributed by atoms with van der Waals surface area (Å²) >= 11 is 4.28. The number of nitriles is 1. The molecule has 1 N–H and O–H groups in total. The number of aryl methyl sites for hydroxylation is 1. The van der Waals surface area contributed by atoms with E-state index < -0.39 is 10.8 Å². The summed E-state index contributed by atoms with van der Waals surface area (Å²) in [5.74, 6) is 0.190. The lowest BCUT2D eigenvalue weighted by molar-refractivity contribution is -0.384. The zero-order chi connectivity index (χ0) is 24.8. The molecule has 0 saturated heterocycles. The maximum atomic E-state index is 12.7. The quantitative estimate of drug-likeness (QED) is 0.100. The second-order valence-corrected chi connectivity index (χ2v) is 9.72. The highest BCUT2D eigenvalue weighted by Crippen LogP contribution is 2.31. The zero-order valence-corrected chi connectivity index (χ0v) is 22.6. The molecule has 0 fully saturated rings. The van der Waals surface area contributed by atoms with Gasteiger partial charge in [0, 0.05) is 17.8 Å². The summed E-state index contributed by atoms with van der Waals surface area (Å²) < 4.78 is 7.56. The summed E-state index contributed by atoms with van der Waals surface area (Å²) in [7, 11) is 0. The average Bonchev–Trinajstić information content (AvgIpc) is 2.80. The van der Waals surface area contributed by atoms with Gasteiger partial charge in [0.05, 0.1) is 12.1 Å². The van der Waals surface area contributed by atoms with E-state index in [-0.39, 0.29) is 17.9 Å². The van der Waals surface area contributed by atoms with E-state index in [1.807, 2.05) is 44.2 Å². The van der Waals surface area contributed by atoms with Crippen molar-refractivity contribution in [3.8, 4) is 11.8 Å². The number of benzene rings is 3. The van der Waals surface area contributed by atoms with Gasteiger partial charge in [-0.25, -0.2) is 0 Å². The molecule has 7 nitrogen and oxygen atoms in total. The molecular formula is C25H19I2N3O4. The molecule has 172 valence electrons. The van der Waals surface area contributed by atoms with Crippen molar-refractivity contribution in [1.82, 2.24) is 0 Å². The van der Waals surface area contributed by atoms with Crippen LogP contribution in [0.3, 0.4) is 0 Å². The van der Waals surface area contributed by atoms with Crippen LogP contribution in [0.25, 0.3) is 6.08 Å². The van der Waals surface area contributed by atoms with E-state index in [2.05, 4.69) is 50.5 Å². The van der Waals surface area contributed by atoms with Crippen LogP contribution in [0, 0.1) is 42.4 Å². The fraction of sp³-hybridized carbons (Fsp3) is 0.120. The molecule has 0 heterocycles. The Kier molecular flexibility index (Phi) is 8.62. The molecule has 3 aromatic rings. The molecule has 0 aliphatic carbocycles. The van der Waals surface area contributed by atoms with Crippen molar-refractivity contribution in [2.24, 2.45) is 0 Å². The summed E-state index contributed by atoms with van der Waals surface area (Å²) in [6, 6.07) is 17.5. The van der Waals surface area contributed by atoms with Crippen molar-refractivity contribution in [3.63, 3.8) is 0 Å². The number of nitro groups is 1. The molecule has 9 heteroatoms. The van der Waals surface area contributed by atoms with E-state index in [0.717, 1.165) is 23.8 Å². The van der Waals surface area contributed by atoms with E-state index >= 15 is 0 Å². The van der Waals surface area contributed by atoms with Gasteiger partial charge in [-0.1, -0.05) is 12.1 Å². The minimum atomic E-state index is -0.472. The Labute approximate surface area is 224 Å². The molecule has 0 unspecified atom stereocenters. The monoisotopic (exact) mass is 679 g/mol. The third kappa shape index (κ3) is 6.32. The van der Waals surface area contributed by atoms with E-state index in [4.69, 9.17) is 4.74 Å². The number of ether oxygens (including phenoxy) is 1. The number of carbonyl (C=O) groups excluding carboxylic acids is 1. The number of nitrogens with one attached hydrogen (secondary N) is 1. The Balaban J connectivity index is 1.76. The number of carbonyl (C=O) groups is 1. The number of amides is 1. The fourth-order valence-electron chi connectivity index (χ4n) is 3.06. The smallest absolute Gasteiger partial charge is 0.269 e. The highest BCUT2D eigenvalue weighted by molar-refractivity contribution is 14.1. The molecule has 0 radical (unpaired) electrons. The molecule has 0 bridgehead atoms. The first kappa shape index (κ1) is 25.6. The van der Waals surface area contributed by atoms with Crippen LogP contribution in [0.5, 0.6) is 5.75 Å². The summed E-state index contributed by atoms with van der Waals surface area (Å²) in [6.45, 7) is 4.13. The molecule has 34 heavy (non-hydrogen) atoms. The van der Waals surface area contributed by atoms with Gasteiger partial charge in [0.15, 0.2) is 0 Å². The highest BCUT2D eigenvalue weighted by atomic mass is 127. The average molecular weight is 679 g/mol. The third-order valence-electron chi connectivity index (χ3n) is 5.08. The summed E-state index contributed by atoms with van der Waals surface area (Å²) in [4.78, 5) is 23.1. The first-order valence-corrected chi connectivity index (χ1v) is 12.2. The molecule has 3 aromatic carbocycles. The van der Waals surface area contributed by atoms with E-state index in [9.17, 15) is 20.2 Å². The fourth-order valence-corrected chi connectivity index (χ4v) is 5.19. The van der Waals surface area contributed by atoms with Crippen LogP contribution in [0.2, 0.25) is 0 Å². The summed E-state index contributed by atoms with van der Waals surface area (Å²) in [5.41, 5.74) is 4.19. The van der Waals surface area contributed by atoms with E-state index in [1.165, 1.54) is 12.1 Å². The second kappa shape index (κ2) is 11.4. The lowest BCUT2D eigenvalue weighted by atomic mass is 10.1. The summed E-state index contributed by atoms with van der Waals surface area (Å²) in [6.07, 6.45) is 1.55. The van der Waals surface area contributed by atoms with Gasteiger partial charge in [-0.15, -0.1) is 0 Å². The van der Waals surface area contributed by atoms with E-state index in [0.29, 0.717) is 17.0 Å². The maximum absolute atomic E-state index is 12.7. The topological polar surface area (TPSA) is 105 Å². The number of nitro benzene ring substituents is 1. The maximum Gasteiger partial charge on any atom is 0.269 e. The SMILES string of the molecule is Cc1cccc(NC(=O)/C(C#N)=C/c2cc(I)c(OCc3ccc([N+](=O)[O-])cc3)c(I)c2)c1C. The predicted octanol–water partition coefficient (Wildman–Crippen LogP) is 6.55. The Morgan fingerprint density at radius 2 is 1.79 bits per heavy atom. The minimum Gasteiger partial charge on any atom is -0.487 e. The van der Waals surface area contributed by atoms with Crippen LogP contribution in [0.15, 0.2) is 60.2 Å². The zero-order valence-electron chi connectivity index (χ0n) is 18.3. The Morgan fingerprint density at radius 3 is 2.38 bits per heavy atom. The van der Waals surface area contributed by atoms with Crippen LogP contribution in [0.1, 0.15) is 22.3 Å². The van der Waals surface area contributed by atoms with Crippen molar-refractivity contribution in [3.05, 3.63) is 99.7 Å². The molecule has 0 aliphatic heterocycles. The lowest BCUT2D eigenvalue weighted by Gasteiger charge is -2.12. The molecular weight excluding hydrogens is 660 g/mol. The number of halogens is 2. The molecule has 0 atom stereocenters. The standard InChI is InChI=1S/C25H19I2N3O4/c1-15-4-3-5-23(16(15)2)29-25(31)19(13-28)10-18-11-21(26)24(22(27)12-18)34-14-17-6-8-20(9-7-17)30(32)33/h3-12H,14H2,1-2H3,(H,29,31)/b19-10+. The van der Waals surface area contributed by atoms with Gasteiger partial charge in [-0.05, 0) is 118 Å². The third-order valence-corrected chi connectivity index (χ3v) is 6.68. The molecule has 0 aliphatic rings. The second-order valence-electron chi connectivity index (χ2n) is 7.40. The van der Waals surface area contributed by atoms with Gasteiger partial charge in [-0.2, -0.15) is 5.26 Å². The number of non-ortho nitro benzene ring substituents is 1. The van der Waals surface area contributed by atoms with Gasteiger partial charge in [0.2, 0.25) is 0 Å². The summed E-state index contributed by atoms with van der Waals surface area (Å²) in [5, 5.41) is 23.2. The molecule has 1 amide bonds. The van der Waals surface area contributed by atoms with E-state index in [1.54, 1.807) is 24.3 Å². The van der Waals surface area contributed by atoms with Crippen molar-refractivity contribution in [2.45, 2.75) is 20.5 Å². The largest absolute Gasteiger partial charge is 0.487 e. The number of hydrogen-bond acceptors (Lipinski definition) is 5. The number of rotatable bonds is 7. The molecule has 0 spiro atoms. The first-order chi connectivity index (χ1) is 16.2. The van der Waals surface area contributed by atoms with Crippen molar-refractivity contribution < 1.29 is 14.5 Å². The van der Waals surface area contributed by atoms with Crippen molar-refractivity contribution in [2.75, 3.05) is 5.32 Å².